The summed E-state index contributed by atoms with van der Waals surface area (Å²) < 4.78 is 19.0. The topological polar surface area (TPSA) is 109 Å². The molecule has 1 unspecified atom stereocenters. The Morgan fingerprint density at radius 2 is 1.84 bits per heavy atom. The van der Waals surface area contributed by atoms with E-state index in [-0.39, 0.29) is 19.1 Å². The van der Waals surface area contributed by atoms with E-state index in [0.717, 1.165) is 35.1 Å². The Kier molecular flexibility index (Phi) is 7.99. The van der Waals surface area contributed by atoms with E-state index in [1.807, 2.05) is 45.2 Å². The first-order chi connectivity index (χ1) is 15.4. The highest BCUT2D eigenvalue weighted by Gasteiger charge is 2.17. The molecular formula is C23H30N4O5. The third kappa shape index (κ3) is 5.94. The van der Waals surface area contributed by atoms with Crippen molar-refractivity contribution in [1.29, 1.82) is 0 Å². The fraction of sp³-hybridized carbons (Fsp3) is 0.478. The molecule has 0 fully saturated rings. The number of carboxylic acids is 1. The van der Waals surface area contributed by atoms with Crippen molar-refractivity contribution in [2.75, 3.05) is 19.8 Å². The summed E-state index contributed by atoms with van der Waals surface area (Å²) in [6, 6.07) is 7.53. The van der Waals surface area contributed by atoms with Crippen LogP contribution in [0.2, 0.25) is 0 Å². The summed E-state index contributed by atoms with van der Waals surface area (Å²) in [5.41, 5.74) is 3.54. The highest BCUT2D eigenvalue weighted by atomic mass is 16.5. The second-order valence-corrected chi connectivity index (χ2v) is 7.52. The predicted molar refractivity (Wildman–Crippen MR) is 119 cm³/mol. The van der Waals surface area contributed by atoms with Crippen molar-refractivity contribution in [3.8, 4) is 11.6 Å². The maximum atomic E-state index is 10.6. The molecule has 0 aliphatic carbocycles. The molecule has 9 heteroatoms. The van der Waals surface area contributed by atoms with Gasteiger partial charge in [-0.25, -0.2) is 4.98 Å². The second-order valence-electron chi connectivity index (χ2n) is 7.52. The molecule has 0 bridgehead atoms. The van der Waals surface area contributed by atoms with Crippen LogP contribution >= 0.6 is 0 Å². The van der Waals surface area contributed by atoms with E-state index in [4.69, 9.17) is 19.3 Å². The molecule has 2 aromatic heterocycles. The smallest absolute Gasteiger partial charge is 0.305 e. The minimum atomic E-state index is -0.870. The van der Waals surface area contributed by atoms with Crippen LogP contribution in [0.1, 0.15) is 49.9 Å². The summed E-state index contributed by atoms with van der Waals surface area (Å²) in [7, 11) is 1.87. The molecule has 9 nitrogen and oxygen atoms in total. The number of carbonyl (C=O) groups is 1. The van der Waals surface area contributed by atoms with Gasteiger partial charge in [0.05, 0.1) is 24.8 Å². The van der Waals surface area contributed by atoms with Crippen LogP contribution in [0, 0.1) is 6.92 Å². The van der Waals surface area contributed by atoms with Crippen molar-refractivity contribution >= 4 is 17.0 Å². The molecule has 172 valence electrons. The minimum absolute atomic E-state index is 0.0115. The number of rotatable bonds is 12. The first-order valence-electron chi connectivity index (χ1n) is 10.8. The lowest BCUT2D eigenvalue weighted by atomic mass is 10.1. The van der Waals surface area contributed by atoms with E-state index < -0.39 is 5.97 Å². The maximum absolute atomic E-state index is 10.6. The molecule has 0 spiro atoms. The summed E-state index contributed by atoms with van der Waals surface area (Å²) in [6.45, 7) is 6.71. The highest BCUT2D eigenvalue weighted by Crippen LogP contribution is 2.25. The van der Waals surface area contributed by atoms with E-state index in [2.05, 4.69) is 22.0 Å². The van der Waals surface area contributed by atoms with E-state index in [1.165, 1.54) is 0 Å². The summed E-state index contributed by atoms with van der Waals surface area (Å²) in [6.07, 6.45) is 1.65. The lowest BCUT2D eigenvalue weighted by Gasteiger charge is -2.14. The van der Waals surface area contributed by atoms with Gasteiger partial charge in [-0.1, -0.05) is 25.5 Å². The molecule has 1 N–H and O–H groups in total. The van der Waals surface area contributed by atoms with Crippen LogP contribution in [0.5, 0.6) is 11.6 Å². The standard InChI is InChI=1S/C23H30N4O5/c1-5-6-19-21-22(27(4)26-19)23(25-16(3)24-21)32-14-13-31-18-9-7-17(8-10-18)15(2)30-12-11-20(28)29/h7-10,15H,5-6,11-14H2,1-4H3,(H,28,29). The Morgan fingerprint density at radius 3 is 2.53 bits per heavy atom. The lowest BCUT2D eigenvalue weighted by Crippen LogP contribution is -2.11. The van der Waals surface area contributed by atoms with Crippen LogP contribution in [-0.2, 0) is 23.0 Å². The SMILES string of the molecule is CCCc1nn(C)c2c(OCCOc3ccc(C(C)OCCC(=O)O)cc3)nc(C)nc12. The number of aryl methyl sites for hydroxylation is 3. The van der Waals surface area contributed by atoms with Crippen LogP contribution < -0.4 is 9.47 Å². The van der Waals surface area contributed by atoms with Gasteiger partial charge in [0.1, 0.15) is 35.8 Å². The van der Waals surface area contributed by atoms with Crippen LogP contribution in [0.15, 0.2) is 24.3 Å². The molecule has 3 aromatic rings. The van der Waals surface area contributed by atoms with Gasteiger partial charge in [0.25, 0.3) is 0 Å². The number of hydrogen-bond donors (Lipinski definition) is 1. The van der Waals surface area contributed by atoms with Crippen LogP contribution in [-0.4, -0.2) is 50.6 Å². The van der Waals surface area contributed by atoms with Crippen molar-refractivity contribution in [3.63, 3.8) is 0 Å². The quantitative estimate of drug-likeness (QED) is 0.424. The zero-order chi connectivity index (χ0) is 23.1. The Morgan fingerprint density at radius 1 is 1.12 bits per heavy atom. The molecule has 1 aromatic carbocycles. The number of fused-ring (bicyclic) bond motifs is 1. The number of aromatic nitrogens is 4. The molecule has 0 aliphatic heterocycles. The van der Waals surface area contributed by atoms with E-state index in [9.17, 15) is 4.79 Å². The van der Waals surface area contributed by atoms with E-state index >= 15 is 0 Å². The summed E-state index contributed by atoms with van der Waals surface area (Å²) >= 11 is 0. The van der Waals surface area contributed by atoms with Gasteiger partial charge < -0.3 is 19.3 Å². The molecule has 0 aliphatic rings. The average molecular weight is 443 g/mol. The number of carboxylic acid groups (broad SMARTS) is 1. The highest BCUT2D eigenvalue weighted by molar-refractivity contribution is 5.82. The number of benzene rings is 1. The fourth-order valence-electron chi connectivity index (χ4n) is 3.37. The number of aliphatic carboxylic acids is 1. The molecule has 2 heterocycles. The predicted octanol–water partition coefficient (Wildman–Crippen LogP) is 3.63. The third-order valence-electron chi connectivity index (χ3n) is 4.94. The number of nitrogens with zero attached hydrogens (tertiary/aromatic N) is 4. The van der Waals surface area contributed by atoms with Gasteiger partial charge >= 0.3 is 5.97 Å². The average Bonchev–Trinajstić information content (AvgIpc) is 3.06. The van der Waals surface area contributed by atoms with Crippen molar-refractivity contribution < 1.29 is 24.1 Å². The molecule has 0 saturated carbocycles. The van der Waals surface area contributed by atoms with Gasteiger partial charge in [0, 0.05) is 7.05 Å². The third-order valence-corrected chi connectivity index (χ3v) is 4.94. The van der Waals surface area contributed by atoms with Crippen LogP contribution in [0.25, 0.3) is 11.0 Å². The monoisotopic (exact) mass is 442 g/mol. The summed E-state index contributed by atoms with van der Waals surface area (Å²) in [5, 5.41) is 13.3. The zero-order valence-electron chi connectivity index (χ0n) is 19.0. The summed E-state index contributed by atoms with van der Waals surface area (Å²) in [5.74, 6) is 1.00. The Bertz CT molecular complexity index is 1050. The largest absolute Gasteiger partial charge is 0.490 e. The van der Waals surface area contributed by atoms with Gasteiger partial charge in [-0.2, -0.15) is 10.1 Å². The molecule has 0 saturated heterocycles. The Hall–Kier alpha value is -3.20. The Balaban J connectivity index is 1.54. The normalized spacial score (nSPS) is 12.1. The lowest BCUT2D eigenvalue weighted by molar-refractivity contribution is -0.138. The molecule has 0 radical (unpaired) electrons. The van der Waals surface area contributed by atoms with Gasteiger partial charge in [0.15, 0.2) is 0 Å². The molecule has 1 atom stereocenters. The van der Waals surface area contributed by atoms with Crippen LogP contribution in [0.4, 0.5) is 0 Å². The van der Waals surface area contributed by atoms with Crippen molar-refractivity contribution in [2.24, 2.45) is 7.05 Å². The molecule has 3 rings (SSSR count). The number of hydrogen-bond acceptors (Lipinski definition) is 7. The minimum Gasteiger partial charge on any atom is -0.490 e. The van der Waals surface area contributed by atoms with Crippen molar-refractivity contribution in [3.05, 3.63) is 41.3 Å². The van der Waals surface area contributed by atoms with E-state index in [0.29, 0.717) is 30.7 Å². The maximum Gasteiger partial charge on any atom is 0.305 e. The number of ether oxygens (including phenoxy) is 3. The second kappa shape index (κ2) is 10.9. The van der Waals surface area contributed by atoms with Gasteiger partial charge in [0.2, 0.25) is 5.88 Å². The zero-order valence-corrected chi connectivity index (χ0v) is 19.0. The van der Waals surface area contributed by atoms with Crippen molar-refractivity contribution in [2.45, 2.75) is 46.1 Å². The first-order valence-corrected chi connectivity index (χ1v) is 10.8. The van der Waals surface area contributed by atoms with Crippen molar-refractivity contribution in [1.82, 2.24) is 19.7 Å². The van der Waals surface area contributed by atoms with Gasteiger partial charge in [-0.3, -0.25) is 9.48 Å². The molecule has 0 amide bonds. The van der Waals surface area contributed by atoms with E-state index in [1.54, 1.807) is 4.68 Å². The Labute approximate surface area is 187 Å². The molecule has 32 heavy (non-hydrogen) atoms. The molecular weight excluding hydrogens is 412 g/mol. The van der Waals surface area contributed by atoms with Gasteiger partial charge in [-0.05, 0) is 38.0 Å². The first kappa shape index (κ1) is 23.5. The van der Waals surface area contributed by atoms with Gasteiger partial charge in [-0.15, -0.1) is 0 Å². The summed E-state index contributed by atoms with van der Waals surface area (Å²) in [4.78, 5) is 19.6. The van der Waals surface area contributed by atoms with Crippen LogP contribution in [0.3, 0.4) is 0 Å². The fourth-order valence-corrected chi connectivity index (χ4v) is 3.37.